The molecule has 116 valence electrons. The number of carbonyl (C=O) groups is 2. The van der Waals surface area contributed by atoms with Crippen molar-refractivity contribution in [3.63, 3.8) is 0 Å². The van der Waals surface area contributed by atoms with Gasteiger partial charge in [-0.2, -0.15) is 0 Å². The lowest BCUT2D eigenvalue weighted by Gasteiger charge is -2.52. The molecular formula is C16H16O6. The van der Waals surface area contributed by atoms with Gasteiger partial charge in [-0.1, -0.05) is 6.92 Å². The number of carbonyl (C=O) groups excluding carboxylic acids is 2. The van der Waals surface area contributed by atoms with Gasteiger partial charge in [-0.15, -0.1) is 0 Å². The van der Waals surface area contributed by atoms with Crippen molar-refractivity contribution in [3.8, 4) is 0 Å². The van der Waals surface area contributed by atoms with Crippen LogP contribution >= 0.6 is 0 Å². The van der Waals surface area contributed by atoms with E-state index in [0.717, 1.165) is 11.1 Å². The number of hydrogen-bond donors (Lipinski definition) is 1. The van der Waals surface area contributed by atoms with Gasteiger partial charge in [0.2, 0.25) is 0 Å². The van der Waals surface area contributed by atoms with E-state index in [2.05, 4.69) is 0 Å². The molecule has 0 bridgehead atoms. The Kier molecular flexibility index (Phi) is 2.02. The first-order chi connectivity index (χ1) is 10.4. The summed E-state index contributed by atoms with van der Waals surface area (Å²) >= 11 is 0. The Bertz CT molecular complexity index is 693. The van der Waals surface area contributed by atoms with Crippen LogP contribution in [0.5, 0.6) is 0 Å². The molecule has 3 fully saturated rings. The predicted octanol–water partition coefficient (Wildman–Crippen LogP) is 0.106. The van der Waals surface area contributed by atoms with E-state index in [0.29, 0.717) is 0 Å². The monoisotopic (exact) mass is 304 g/mol. The molecule has 6 nitrogen and oxygen atoms in total. The minimum absolute atomic E-state index is 0.152. The van der Waals surface area contributed by atoms with E-state index in [1.165, 1.54) is 6.08 Å². The molecule has 7 unspecified atom stereocenters. The van der Waals surface area contributed by atoms with Crippen molar-refractivity contribution >= 4 is 11.9 Å². The average molecular weight is 304 g/mol. The van der Waals surface area contributed by atoms with Gasteiger partial charge in [-0.25, -0.2) is 4.79 Å². The van der Waals surface area contributed by atoms with Crippen LogP contribution in [0.3, 0.4) is 0 Å². The van der Waals surface area contributed by atoms with E-state index in [9.17, 15) is 14.7 Å². The minimum Gasteiger partial charge on any atom is -0.458 e. The first-order valence-electron chi connectivity index (χ1n) is 7.53. The predicted molar refractivity (Wildman–Crippen MR) is 71.4 cm³/mol. The van der Waals surface area contributed by atoms with E-state index < -0.39 is 29.0 Å². The number of cyclic esters (lactones) is 1. The summed E-state index contributed by atoms with van der Waals surface area (Å²) in [6.07, 6.45) is 1.45. The smallest absolute Gasteiger partial charge is 0.331 e. The molecule has 3 heterocycles. The molecule has 0 amide bonds. The number of epoxide rings is 1. The Hall–Kier alpha value is -1.66. The van der Waals surface area contributed by atoms with Crippen LogP contribution < -0.4 is 0 Å². The summed E-state index contributed by atoms with van der Waals surface area (Å²) in [6.45, 7) is 3.92. The Balaban J connectivity index is 1.78. The fourth-order valence-corrected chi connectivity index (χ4v) is 5.19. The van der Waals surface area contributed by atoms with Crippen LogP contribution in [0.2, 0.25) is 0 Å². The Morgan fingerprint density at radius 2 is 2.05 bits per heavy atom. The van der Waals surface area contributed by atoms with Crippen molar-refractivity contribution < 1.29 is 28.9 Å². The maximum atomic E-state index is 12.5. The number of hydrogen-bond acceptors (Lipinski definition) is 6. The van der Waals surface area contributed by atoms with Gasteiger partial charge in [-0.3, -0.25) is 4.79 Å². The summed E-state index contributed by atoms with van der Waals surface area (Å²) in [4.78, 5) is 24.2. The van der Waals surface area contributed by atoms with Crippen LogP contribution in [0.25, 0.3) is 0 Å². The molecule has 5 aliphatic rings. The van der Waals surface area contributed by atoms with E-state index in [-0.39, 0.29) is 30.7 Å². The Morgan fingerprint density at radius 3 is 2.82 bits per heavy atom. The first kappa shape index (κ1) is 12.8. The highest BCUT2D eigenvalue weighted by Gasteiger charge is 2.79. The number of aliphatic hydroxyl groups excluding tert-OH is 1. The van der Waals surface area contributed by atoms with Crippen molar-refractivity contribution in [2.75, 3.05) is 6.61 Å². The quantitative estimate of drug-likeness (QED) is 0.505. The summed E-state index contributed by atoms with van der Waals surface area (Å²) in [5.74, 6) is -0.937. The van der Waals surface area contributed by atoms with Gasteiger partial charge in [0.1, 0.15) is 30.3 Å². The summed E-state index contributed by atoms with van der Waals surface area (Å²) < 4.78 is 16.3. The van der Waals surface area contributed by atoms with Gasteiger partial charge in [0.25, 0.3) is 0 Å². The van der Waals surface area contributed by atoms with Crippen LogP contribution in [-0.2, 0) is 23.8 Å². The zero-order valence-corrected chi connectivity index (χ0v) is 12.2. The second-order valence-electron chi connectivity index (χ2n) is 7.24. The zero-order chi connectivity index (χ0) is 15.4. The van der Waals surface area contributed by atoms with E-state index >= 15 is 0 Å². The Morgan fingerprint density at radius 1 is 1.27 bits per heavy atom. The lowest BCUT2D eigenvalue weighted by molar-refractivity contribution is -0.148. The van der Waals surface area contributed by atoms with Crippen LogP contribution in [0, 0.1) is 16.7 Å². The number of esters is 2. The van der Waals surface area contributed by atoms with Gasteiger partial charge in [0.05, 0.1) is 6.10 Å². The van der Waals surface area contributed by atoms with Crippen LogP contribution in [0.15, 0.2) is 23.3 Å². The molecule has 6 heteroatoms. The molecule has 5 rings (SSSR count). The molecule has 1 saturated carbocycles. The largest absolute Gasteiger partial charge is 0.458 e. The normalized spacial score (nSPS) is 54.2. The van der Waals surface area contributed by atoms with Crippen molar-refractivity contribution in [3.05, 3.63) is 23.3 Å². The maximum Gasteiger partial charge on any atom is 0.331 e. The van der Waals surface area contributed by atoms with Crippen molar-refractivity contribution in [1.82, 2.24) is 0 Å². The number of rotatable bonds is 0. The lowest BCUT2D eigenvalue weighted by Crippen LogP contribution is -2.60. The zero-order valence-electron chi connectivity index (χ0n) is 12.2. The summed E-state index contributed by atoms with van der Waals surface area (Å²) in [5.41, 5.74) is 0.0369. The van der Waals surface area contributed by atoms with E-state index in [1.807, 2.05) is 19.9 Å². The van der Waals surface area contributed by atoms with Crippen molar-refractivity contribution in [2.45, 2.75) is 38.3 Å². The highest BCUT2D eigenvalue weighted by atomic mass is 16.6. The standard InChI is InChI=1S/C16H16O6/c1-15-7-4-9(17)20-5-6(7)3-8-11(15)16(2,14(19)21-8)13-10(22-13)12(15)18/h3-4,8,10-13,18H,5H2,1-2H3. The fraction of sp³-hybridized carbons (Fsp3) is 0.625. The summed E-state index contributed by atoms with van der Waals surface area (Å²) in [7, 11) is 0. The van der Waals surface area contributed by atoms with Gasteiger partial charge in [0, 0.05) is 17.4 Å². The van der Waals surface area contributed by atoms with Gasteiger partial charge in [-0.05, 0) is 24.1 Å². The molecule has 0 spiro atoms. The highest BCUT2D eigenvalue weighted by Crippen LogP contribution is 2.68. The van der Waals surface area contributed by atoms with Crippen molar-refractivity contribution in [2.24, 2.45) is 16.7 Å². The number of fused-ring (bicyclic) bond motifs is 4. The second kappa shape index (κ2) is 3.46. The SMILES string of the molecule is CC12C3=CC(=O)OCC3=CC3OC(=O)C(C)(C4OC4C1O)C32. The third kappa shape index (κ3) is 1.15. The number of aliphatic hydroxyl groups is 1. The highest BCUT2D eigenvalue weighted by molar-refractivity contribution is 5.88. The number of ether oxygens (including phenoxy) is 3. The van der Waals surface area contributed by atoms with Gasteiger partial charge in [0.15, 0.2) is 0 Å². The molecular weight excluding hydrogens is 288 g/mol. The topological polar surface area (TPSA) is 85.4 Å². The van der Waals surface area contributed by atoms with Crippen LogP contribution in [0.1, 0.15) is 13.8 Å². The summed E-state index contributed by atoms with van der Waals surface area (Å²) in [6, 6.07) is 0. The lowest BCUT2D eigenvalue weighted by atomic mass is 9.49. The molecule has 2 aliphatic carbocycles. The molecule has 0 aromatic carbocycles. The molecule has 0 aromatic rings. The minimum atomic E-state index is -0.784. The molecule has 3 aliphatic heterocycles. The molecule has 22 heavy (non-hydrogen) atoms. The molecule has 7 atom stereocenters. The van der Waals surface area contributed by atoms with E-state index in [4.69, 9.17) is 14.2 Å². The fourth-order valence-electron chi connectivity index (χ4n) is 5.19. The maximum absolute atomic E-state index is 12.5. The van der Waals surface area contributed by atoms with Gasteiger partial charge >= 0.3 is 11.9 Å². The van der Waals surface area contributed by atoms with Crippen molar-refractivity contribution in [1.29, 1.82) is 0 Å². The third-order valence-corrected chi connectivity index (χ3v) is 6.27. The Labute approximate surface area is 126 Å². The van der Waals surface area contributed by atoms with Gasteiger partial charge < -0.3 is 19.3 Å². The second-order valence-corrected chi connectivity index (χ2v) is 7.24. The molecule has 0 aromatic heterocycles. The first-order valence-corrected chi connectivity index (χ1v) is 7.53. The van der Waals surface area contributed by atoms with E-state index in [1.54, 1.807) is 0 Å². The third-order valence-electron chi connectivity index (χ3n) is 6.27. The molecule has 2 saturated heterocycles. The molecule has 0 radical (unpaired) electrons. The summed E-state index contributed by atoms with van der Waals surface area (Å²) in [5, 5.41) is 10.9. The van der Waals surface area contributed by atoms with Crippen LogP contribution in [0.4, 0.5) is 0 Å². The molecule has 1 N–H and O–H groups in total. The van der Waals surface area contributed by atoms with Crippen LogP contribution in [-0.4, -0.2) is 48.1 Å². The average Bonchev–Trinajstić information content (AvgIpc) is 3.22.